The van der Waals surface area contributed by atoms with Gasteiger partial charge in [-0.1, -0.05) is 6.07 Å². The number of hydrogen-bond acceptors (Lipinski definition) is 7. The first-order chi connectivity index (χ1) is 12.0. The lowest BCUT2D eigenvalue weighted by atomic mass is 9.88. The zero-order valence-electron chi connectivity index (χ0n) is 14.0. The molecule has 132 valence electrons. The number of aliphatic hydroxyl groups excluding tert-OH is 1. The summed E-state index contributed by atoms with van der Waals surface area (Å²) >= 11 is 0. The van der Waals surface area contributed by atoms with Crippen molar-refractivity contribution in [2.75, 3.05) is 24.5 Å². The molecule has 1 saturated heterocycles. The summed E-state index contributed by atoms with van der Waals surface area (Å²) in [5.74, 6) is 0.334. The zero-order valence-corrected chi connectivity index (χ0v) is 14.0. The zero-order chi connectivity index (χ0) is 17.9. The Kier molecular flexibility index (Phi) is 4.91. The number of hydrogen-bond donors (Lipinski definition) is 3. The monoisotopic (exact) mass is 343 g/mol. The highest BCUT2D eigenvalue weighted by atomic mass is 16.3. The summed E-state index contributed by atoms with van der Waals surface area (Å²) in [7, 11) is 0. The molecule has 3 rings (SSSR count). The number of pyridine rings is 1. The second kappa shape index (κ2) is 7.12. The van der Waals surface area contributed by atoms with Gasteiger partial charge in [0, 0.05) is 37.7 Å². The molecule has 1 aliphatic heterocycles. The Balaban J connectivity index is 1.61. The van der Waals surface area contributed by atoms with Gasteiger partial charge >= 0.3 is 0 Å². The second-order valence-electron chi connectivity index (χ2n) is 6.23. The molecule has 3 N–H and O–H groups in total. The van der Waals surface area contributed by atoms with Crippen molar-refractivity contribution >= 4 is 11.7 Å². The average molecular weight is 343 g/mol. The van der Waals surface area contributed by atoms with E-state index in [4.69, 9.17) is 0 Å². The number of piperidine rings is 1. The van der Waals surface area contributed by atoms with Crippen LogP contribution in [0.15, 0.2) is 36.8 Å². The molecule has 0 radical (unpaired) electrons. The Hall–Kier alpha value is -2.58. The SMILES string of the molecule is Cc1cccc(N2CC[C@@](O)(CNC(=O)c3cnccn3)[C@H](O)C2)n1. The van der Waals surface area contributed by atoms with E-state index in [9.17, 15) is 15.0 Å². The summed E-state index contributed by atoms with van der Waals surface area (Å²) in [6.45, 7) is 2.62. The first kappa shape index (κ1) is 17.2. The normalized spacial score (nSPS) is 23.3. The fraction of sp³-hybridized carbons (Fsp3) is 0.412. The van der Waals surface area contributed by atoms with Crippen LogP contribution in [-0.2, 0) is 0 Å². The van der Waals surface area contributed by atoms with Gasteiger partial charge < -0.3 is 20.4 Å². The van der Waals surface area contributed by atoms with Gasteiger partial charge in [-0.2, -0.15) is 0 Å². The molecule has 0 bridgehead atoms. The van der Waals surface area contributed by atoms with Crippen molar-refractivity contribution in [3.05, 3.63) is 48.2 Å². The number of aryl methyl sites for hydroxylation is 1. The first-order valence-corrected chi connectivity index (χ1v) is 8.11. The van der Waals surface area contributed by atoms with Gasteiger partial charge in [0.2, 0.25) is 0 Å². The van der Waals surface area contributed by atoms with Gasteiger partial charge in [-0.25, -0.2) is 9.97 Å². The van der Waals surface area contributed by atoms with Crippen molar-refractivity contribution in [2.45, 2.75) is 25.0 Å². The van der Waals surface area contributed by atoms with Gasteiger partial charge in [0.15, 0.2) is 0 Å². The highest BCUT2D eigenvalue weighted by Gasteiger charge is 2.41. The van der Waals surface area contributed by atoms with Crippen molar-refractivity contribution < 1.29 is 15.0 Å². The van der Waals surface area contributed by atoms with Crippen LogP contribution in [-0.4, -0.2) is 62.4 Å². The molecule has 25 heavy (non-hydrogen) atoms. The fourth-order valence-electron chi connectivity index (χ4n) is 2.82. The first-order valence-electron chi connectivity index (χ1n) is 8.11. The van der Waals surface area contributed by atoms with E-state index >= 15 is 0 Å². The third-order valence-corrected chi connectivity index (χ3v) is 4.38. The van der Waals surface area contributed by atoms with Crippen LogP contribution in [0.1, 0.15) is 22.6 Å². The lowest BCUT2D eigenvalue weighted by molar-refractivity contribution is -0.0825. The number of nitrogens with one attached hydrogen (secondary N) is 1. The summed E-state index contributed by atoms with van der Waals surface area (Å²) in [6.07, 6.45) is 3.55. The topological polar surface area (TPSA) is 111 Å². The third-order valence-electron chi connectivity index (χ3n) is 4.38. The van der Waals surface area contributed by atoms with Gasteiger partial charge in [-0.15, -0.1) is 0 Å². The summed E-state index contributed by atoms with van der Waals surface area (Å²) in [5.41, 5.74) is -0.330. The fourth-order valence-corrected chi connectivity index (χ4v) is 2.82. The molecule has 1 aliphatic rings. The number of anilines is 1. The molecule has 2 atom stereocenters. The summed E-state index contributed by atoms with van der Waals surface area (Å²) in [4.78, 5) is 26.1. The van der Waals surface area contributed by atoms with E-state index in [-0.39, 0.29) is 18.8 Å². The molecule has 0 aromatic carbocycles. The summed E-state index contributed by atoms with van der Waals surface area (Å²) in [6, 6.07) is 5.69. The number of amides is 1. The van der Waals surface area contributed by atoms with E-state index in [1.54, 1.807) is 0 Å². The van der Waals surface area contributed by atoms with Crippen molar-refractivity contribution in [2.24, 2.45) is 0 Å². The molecule has 3 heterocycles. The molecule has 0 unspecified atom stereocenters. The number of carbonyl (C=O) groups excluding carboxylic acids is 1. The standard InChI is InChI=1S/C17H21N5O3/c1-12-3-2-4-15(21-12)22-8-5-17(25,14(23)10-22)11-20-16(24)13-9-18-6-7-19-13/h2-4,6-7,9,14,23,25H,5,8,10-11H2,1H3,(H,20,24)/t14-,17-/m1/s1. The van der Waals surface area contributed by atoms with Gasteiger partial charge in [-0.3, -0.25) is 9.78 Å². The Labute approximate surface area is 145 Å². The van der Waals surface area contributed by atoms with Gasteiger partial charge in [0.1, 0.15) is 23.2 Å². The van der Waals surface area contributed by atoms with Crippen LogP contribution in [0.4, 0.5) is 5.82 Å². The van der Waals surface area contributed by atoms with E-state index in [0.29, 0.717) is 13.0 Å². The molecule has 0 aliphatic carbocycles. The van der Waals surface area contributed by atoms with Crippen LogP contribution in [0.25, 0.3) is 0 Å². The van der Waals surface area contributed by atoms with Crippen LogP contribution >= 0.6 is 0 Å². The highest BCUT2D eigenvalue weighted by molar-refractivity contribution is 5.91. The van der Waals surface area contributed by atoms with Crippen molar-refractivity contribution in [1.29, 1.82) is 0 Å². The Morgan fingerprint density at radius 3 is 2.96 bits per heavy atom. The number of nitrogens with zero attached hydrogens (tertiary/aromatic N) is 4. The smallest absolute Gasteiger partial charge is 0.271 e. The maximum atomic E-state index is 12.0. The number of β-amino-alcohol motifs (C(OH)–C–C–N with tert-alkyl or cyclic N) is 1. The Bertz CT molecular complexity index is 742. The predicted molar refractivity (Wildman–Crippen MR) is 91.1 cm³/mol. The van der Waals surface area contributed by atoms with Crippen molar-refractivity contribution in [3.8, 4) is 0 Å². The van der Waals surface area contributed by atoms with Crippen molar-refractivity contribution in [3.63, 3.8) is 0 Å². The maximum absolute atomic E-state index is 12.0. The van der Waals surface area contributed by atoms with E-state index in [2.05, 4.69) is 20.3 Å². The summed E-state index contributed by atoms with van der Waals surface area (Å²) < 4.78 is 0. The van der Waals surface area contributed by atoms with E-state index in [0.717, 1.165) is 11.5 Å². The lowest BCUT2D eigenvalue weighted by Crippen LogP contribution is -2.60. The van der Waals surface area contributed by atoms with Gasteiger partial charge in [0.05, 0.1) is 6.20 Å². The molecule has 1 amide bonds. The van der Waals surface area contributed by atoms with Crippen LogP contribution in [0, 0.1) is 6.92 Å². The Morgan fingerprint density at radius 1 is 1.44 bits per heavy atom. The molecule has 2 aromatic heterocycles. The summed E-state index contributed by atoms with van der Waals surface area (Å²) in [5, 5.41) is 23.7. The number of aromatic nitrogens is 3. The Morgan fingerprint density at radius 2 is 2.28 bits per heavy atom. The molecule has 8 heteroatoms. The molecule has 2 aromatic rings. The molecule has 0 spiro atoms. The van der Waals surface area contributed by atoms with Crippen molar-refractivity contribution in [1.82, 2.24) is 20.3 Å². The largest absolute Gasteiger partial charge is 0.388 e. The maximum Gasteiger partial charge on any atom is 0.271 e. The highest BCUT2D eigenvalue weighted by Crippen LogP contribution is 2.25. The number of carbonyl (C=O) groups is 1. The predicted octanol–water partition coefficient (Wildman–Crippen LogP) is -0.0879. The van der Waals surface area contributed by atoms with Crippen LogP contribution in [0.3, 0.4) is 0 Å². The third kappa shape index (κ3) is 3.92. The van der Waals surface area contributed by atoms with Crippen LogP contribution in [0.5, 0.6) is 0 Å². The second-order valence-corrected chi connectivity index (χ2v) is 6.23. The molecule has 8 nitrogen and oxygen atoms in total. The average Bonchev–Trinajstić information content (AvgIpc) is 2.63. The van der Waals surface area contributed by atoms with E-state index in [1.165, 1.54) is 18.6 Å². The molecule has 1 fully saturated rings. The van der Waals surface area contributed by atoms with E-state index in [1.807, 2.05) is 30.0 Å². The molecular weight excluding hydrogens is 322 g/mol. The van der Waals surface area contributed by atoms with E-state index < -0.39 is 17.6 Å². The lowest BCUT2D eigenvalue weighted by Gasteiger charge is -2.42. The molecular formula is C17H21N5O3. The molecule has 0 saturated carbocycles. The minimum Gasteiger partial charge on any atom is -0.388 e. The number of rotatable bonds is 4. The minimum atomic E-state index is -1.39. The number of aliphatic hydroxyl groups is 2. The van der Waals surface area contributed by atoms with Gasteiger partial charge in [-0.05, 0) is 25.5 Å². The quantitative estimate of drug-likeness (QED) is 0.711. The van der Waals surface area contributed by atoms with Gasteiger partial charge in [0.25, 0.3) is 5.91 Å². The van der Waals surface area contributed by atoms with Crippen LogP contribution < -0.4 is 10.2 Å². The minimum absolute atomic E-state index is 0.0569. The van der Waals surface area contributed by atoms with Crippen LogP contribution in [0.2, 0.25) is 0 Å².